The molecule has 4 aromatic rings. The molecule has 0 fully saturated rings. The Morgan fingerprint density at radius 2 is 0.970 bits per heavy atom. The highest BCUT2D eigenvalue weighted by atomic mass is 35.5. The summed E-state index contributed by atoms with van der Waals surface area (Å²) in [5.74, 6) is 0. The minimum Gasteiger partial charge on any atom is -0.0837 e. The van der Waals surface area contributed by atoms with Crippen molar-refractivity contribution in [1.82, 2.24) is 0 Å². The summed E-state index contributed by atoms with van der Waals surface area (Å²) in [6, 6.07) is 26.4. The van der Waals surface area contributed by atoms with E-state index in [1.807, 2.05) is 0 Å². The van der Waals surface area contributed by atoms with Gasteiger partial charge in [-0.1, -0.05) is 109 Å². The van der Waals surface area contributed by atoms with Crippen molar-refractivity contribution in [2.75, 3.05) is 0 Å². The minimum absolute atomic E-state index is 0.334. The summed E-state index contributed by atoms with van der Waals surface area (Å²) in [5.41, 5.74) is 8.56. The van der Waals surface area contributed by atoms with Gasteiger partial charge in [-0.15, -0.1) is 0 Å². The molecule has 0 saturated carbocycles. The number of fused-ring (bicyclic) bond motifs is 6. The standard InChI is InChI=1S/C30H26Cl2Si/c1-17-27(31)23-15-13-19-9-5-7-11-21(19)25(23)29(17)33(3,4)30-18(2)28(32)24-16-14-20-10-6-8-12-22(20)26(24)30/h5-16,29-30H,1-4H3. The van der Waals surface area contributed by atoms with Crippen molar-refractivity contribution < 1.29 is 0 Å². The number of hydrogen-bond donors (Lipinski definition) is 0. The fourth-order valence-corrected chi connectivity index (χ4v) is 12.4. The van der Waals surface area contributed by atoms with Gasteiger partial charge in [0.25, 0.3) is 0 Å². The molecule has 0 spiro atoms. The van der Waals surface area contributed by atoms with Crippen LogP contribution < -0.4 is 0 Å². The maximum Gasteiger partial charge on any atom is 0.0724 e. The van der Waals surface area contributed by atoms with Crippen molar-refractivity contribution in [2.24, 2.45) is 0 Å². The summed E-state index contributed by atoms with van der Waals surface area (Å²) in [4.78, 5) is 0. The van der Waals surface area contributed by atoms with E-state index >= 15 is 0 Å². The highest BCUT2D eigenvalue weighted by molar-refractivity contribution is 6.83. The van der Waals surface area contributed by atoms with Gasteiger partial charge in [0, 0.05) is 21.1 Å². The van der Waals surface area contributed by atoms with Crippen LogP contribution in [-0.2, 0) is 0 Å². The van der Waals surface area contributed by atoms with Crippen LogP contribution in [0, 0.1) is 0 Å². The highest BCUT2D eigenvalue weighted by Crippen LogP contribution is 2.58. The number of halogens is 2. The van der Waals surface area contributed by atoms with E-state index in [4.69, 9.17) is 23.2 Å². The number of benzene rings is 4. The first-order chi connectivity index (χ1) is 15.8. The lowest BCUT2D eigenvalue weighted by atomic mass is 9.99. The Morgan fingerprint density at radius 1 is 0.576 bits per heavy atom. The molecular weight excluding hydrogens is 459 g/mol. The summed E-state index contributed by atoms with van der Waals surface area (Å²) in [5, 5.41) is 7.11. The molecule has 0 radical (unpaired) electrons. The Balaban J connectivity index is 1.63. The molecule has 2 aliphatic carbocycles. The van der Waals surface area contributed by atoms with Crippen LogP contribution in [0.25, 0.3) is 31.6 Å². The van der Waals surface area contributed by atoms with Crippen LogP contribution >= 0.6 is 23.2 Å². The average molecular weight is 486 g/mol. The van der Waals surface area contributed by atoms with Crippen LogP contribution in [0.15, 0.2) is 83.9 Å². The zero-order chi connectivity index (χ0) is 23.1. The second-order valence-corrected chi connectivity index (χ2v) is 15.7. The van der Waals surface area contributed by atoms with Crippen molar-refractivity contribution in [3.8, 4) is 0 Å². The predicted molar refractivity (Wildman–Crippen MR) is 148 cm³/mol. The van der Waals surface area contributed by atoms with Gasteiger partial charge in [-0.2, -0.15) is 0 Å². The van der Waals surface area contributed by atoms with Crippen LogP contribution in [0.2, 0.25) is 13.1 Å². The zero-order valence-corrected chi connectivity index (χ0v) is 21.9. The van der Waals surface area contributed by atoms with Gasteiger partial charge in [-0.3, -0.25) is 0 Å². The van der Waals surface area contributed by atoms with E-state index in [9.17, 15) is 0 Å². The normalized spacial score (nSPS) is 20.2. The van der Waals surface area contributed by atoms with E-state index in [1.54, 1.807) is 0 Å². The van der Waals surface area contributed by atoms with E-state index < -0.39 is 8.07 Å². The molecule has 0 saturated heterocycles. The van der Waals surface area contributed by atoms with Gasteiger partial charge in [0.15, 0.2) is 0 Å². The molecule has 0 N–H and O–H groups in total. The maximum atomic E-state index is 7.03. The molecule has 2 atom stereocenters. The van der Waals surface area contributed by atoms with Crippen molar-refractivity contribution in [3.05, 3.63) is 106 Å². The summed E-state index contributed by atoms with van der Waals surface area (Å²) in [6.45, 7) is 9.57. The summed E-state index contributed by atoms with van der Waals surface area (Å²) in [6.07, 6.45) is 0. The Bertz CT molecular complexity index is 1420. The third-order valence-electron chi connectivity index (χ3n) is 8.04. The Hall–Kier alpha value is -2.32. The van der Waals surface area contributed by atoms with Crippen molar-refractivity contribution >= 4 is 62.9 Å². The van der Waals surface area contributed by atoms with E-state index in [0.29, 0.717) is 11.1 Å². The van der Waals surface area contributed by atoms with Crippen molar-refractivity contribution in [2.45, 2.75) is 38.0 Å². The lowest BCUT2D eigenvalue weighted by Gasteiger charge is -2.39. The molecule has 2 unspecified atom stereocenters. The van der Waals surface area contributed by atoms with Crippen LogP contribution in [-0.4, -0.2) is 8.07 Å². The predicted octanol–water partition coefficient (Wildman–Crippen LogP) is 9.61. The molecule has 0 bridgehead atoms. The fourth-order valence-electron chi connectivity index (χ4n) is 6.73. The first-order valence-electron chi connectivity index (χ1n) is 11.6. The minimum atomic E-state index is -2.07. The number of hydrogen-bond acceptors (Lipinski definition) is 0. The van der Waals surface area contributed by atoms with Gasteiger partial charge in [0.2, 0.25) is 0 Å². The second-order valence-electron chi connectivity index (χ2n) is 10.2. The molecule has 0 nitrogen and oxygen atoms in total. The molecular formula is C30H26Cl2Si. The van der Waals surface area contributed by atoms with E-state index in [1.165, 1.54) is 54.9 Å². The topological polar surface area (TPSA) is 0 Å². The molecule has 3 heteroatoms. The van der Waals surface area contributed by atoms with Gasteiger partial charge in [0.05, 0.1) is 8.07 Å². The van der Waals surface area contributed by atoms with Gasteiger partial charge in [0.1, 0.15) is 0 Å². The van der Waals surface area contributed by atoms with Gasteiger partial charge in [-0.05, 0) is 68.8 Å². The summed E-state index contributed by atoms with van der Waals surface area (Å²) in [7, 11) is -2.07. The molecule has 0 amide bonds. The molecule has 4 aromatic carbocycles. The molecule has 0 aromatic heterocycles. The average Bonchev–Trinajstić information content (AvgIpc) is 3.25. The largest absolute Gasteiger partial charge is 0.0837 e. The third kappa shape index (κ3) is 2.83. The SMILES string of the molecule is CC1=C(Cl)c2ccc3ccccc3c2C1[Si](C)(C)C1C(C)=C(Cl)c2ccc3ccccc3c21. The van der Waals surface area contributed by atoms with Gasteiger partial charge < -0.3 is 0 Å². The second kappa shape index (κ2) is 7.34. The maximum absolute atomic E-state index is 7.03. The monoisotopic (exact) mass is 484 g/mol. The Kier molecular flexibility index (Phi) is 4.72. The molecule has 2 aliphatic rings. The lowest BCUT2D eigenvalue weighted by Crippen LogP contribution is -2.42. The fraction of sp³-hybridized carbons (Fsp3) is 0.200. The zero-order valence-electron chi connectivity index (χ0n) is 19.3. The highest BCUT2D eigenvalue weighted by Gasteiger charge is 2.50. The van der Waals surface area contributed by atoms with Crippen molar-refractivity contribution in [1.29, 1.82) is 0 Å². The molecule has 6 rings (SSSR count). The van der Waals surface area contributed by atoms with Gasteiger partial charge >= 0.3 is 0 Å². The number of allylic oxidation sites excluding steroid dienone is 2. The van der Waals surface area contributed by atoms with Crippen LogP contribution in [0.5, 0.6) is 0 Å². The molecule has 0 aliphatic heterocycles. The number of rotatable bonds is 2. The quantitative estimate of drug-likeness (QED) is 0.248. The smallest absolute Gasteiger partial charge is 0.0724 e. The Labute approximate surface area is 206 Å². The third-order valence-corrected chi connectivity index (χ3v) is 13.5. The first-order valence-corrected chi connectivity index (χ1v) is 15.5. The summed E-state index contributed by atoms with van der Waals surface area (Å²) >= 11 is 14.1. The molecule has 164 valence electrons. The van der Waals surface area contributed by atoms with Crippen LogP contribution in [0.3, 0.4) is 0 Å². The van der Waals surface area contributed by atoms with E-state index in [-0.39, 0.29) is 0 Å². The van der Waals surface area contributed by atoms with Crippen LogP contribution in [0.4, 0.5) is 0 Å². The van der Waals surface area contributed by atoms with E-state index in [2.05, 4.69) is 99.7 Å². The van der Waals surface area contributed by atoms with Crippen LogP contribution in [0.1, 0.15) is 47.2 Å². The van der Waals surface area contributed by atoms with Gasteiger partial charge in [-0.25, -0.2) is 0 Å². The van der Waals surface area contributed by atoms with Crippen molar-refractivity contribution in [3.63, 3.8) is 0 Å². The Morgan fingerprint density at radius 3 is 1.39 bits per heavy atom. The molecule has 33 heavy (non-hydrogen) atoms. The lowest BCUT2D eigenvalue weighted by molar-refractivity contribution is 0.979. The van der Waals surface area contributed by atoms with E-state index in [0.717, 1.165) is 10.1 Å². The summed E-state index contributed by atoms with van der Waals surface area (Å²) < 4.78 is 0. The molecule has 0 heterocycles. The first kappa shape index (κ1) is 21.2.